The Morgan fingerprint density at radius 2 is 1.46 bits per heavy atom. The number of hydrogen-bond acceptors (Lipinski definition) is 6. The van der Waals surface area contributed by atoms with Crippen LogP contribution in [0.25, 0.3) is 0 Å². The third-order valence-electron chi connectivity index (χ3n) is 2.17. The Hall–Kier alpha value is -1.79. The third kappa shape index (κ3) is 18.5. The van der Waals surface area contributed by atoms with E-state index in [0.29, 0.717) is 12.4 Å². The van der Waals surface area contributed by atoms with E-state index < -0.39 is 11.9 Å². The Balaban J connectivity index is 0. The molecule has 148 valence electrons. The molecule has 0 heterocycles. The van der Waals surface area contributed by atoms with Crippen LogP contribution in [0.5, 0.6) is 0 Å². The monoisotopic (exact) mass is 408 g/mol. The van der Waals surface area contributed by atoms with Gasteiger partial charge in [0.1, 0.15) is 25.4 Å². The molecule has 0 spiro atoms. The van der Waals surface area contributed by atoms with E-state index in [1.807, 2.05) is 6.92 Å². The molecule has 0 saturated carbocycles. The van der Waals surface area contributed by atoms with Gasteiger partial charge in [0.2, 0.25) is 0 Å². The number of carbonyl (C=O) groups is 3. The van der Waals surface area contributed by atoms with Gasteiger partial charge in [0.05, 0.1) is 24.4 Å². The lowest BCUT2D eigenvalue weighted by molar-refractivity contribution is -0.144. The first-order valence-electron chi connectivity index (χ1n) is 7.74. The van der Waals surface area contributed by atoms with E-state index in [9.17, 15) is 14.4 Å². The molecule has 0 radical (unpaired) electrons. The number of ketones is 1. The summed E-state index contributed by atoms with van der Waals surface area (Å²) >= 11 is 10.7. The molecule has 0 aromatic heterocycles. The zero-order valence-electron chi connectivity index (χ0n) is 15.4. The molecule has 26 heavy (non-hydrogen) atoms. The second-order valence-corrected chi connectivity index (χ2v) is 5.74. The van der Waals surface area contributed by atoms with Crippen molar-refractivity contribution in [2.45, 2.75) is 27.2 Å². The quantitative estimate of drug-likeness (QED) is 0.130. The van der Waals surface area contributed by atoms with Crippen LogP contribution in [0.2, 0.25) is 0 Å². The fourth-order valence-corrected chi connectivity index (χ4v) is 1.38. The molecule has 0 bridgehead atoms. The minimum absolute atomic E-state index is 0.151. The Morgan fingerprint density at radius 1 is 0.923 bits per heavy atom. The van der Waals surface area contributed by atoms with Crippen LogP contribution in [0.3, 0.4) is 0 Å². The van der Waals surface area contributed by atoms with Crippen molar-refractivity contribution in [3.63, 3.8) is 0 Å². The van der Waals surface area contributed by atoms with Crippen molar-refractivity contribution in [2.75, 3.05) is 31.6 Å². The van der Waals surface area contributed by atoms with E-state index in [0.717, 1.165) is 11.1 Å². The predicted octanol–water partition coefficient (Wildman–Crippen LogP) is 3.57. The van der Waals surface area contributed by atoms with Crippen LogP contribution in [0.1, 0.15) is 27.2 Å². The second kappa shape index (κ2) is 16.7. The second-order valence-electron chi connectivity index (χ2n) is 5.21. The number of rotatable bonds is 11. The Morgan fingerprint density at radius 3 is 1.88 bits per heavy atom. The van der Waals surface area contributed by atoms with Crippen molar-refractivity contribution in [3.05, 3.63) is 36.1 Å². The summed E-state index contributed by atoms with van der Waals surface area (Å²) in [5.41, 5.74) is 1.53. The topological polar surface area (TPSA) is 78.9 Å². The molecule has 0 aliphatic rings. The average molecular weight is 409 g/mol. The molecular weight excluding hydrogens is 383 g/mol. The third-order valence-corrected chi connectivity index (χ3v) is 2.73. The number of alkyl halides is 2. The molecule has 0 atom stereocenters. The van der Waals surface area contributed by atoms with Crippen LogP contribution in [0.4, 0.5) is 0 Å². The lowest BCUT2D eigenvalue weighted by atomic mass is 10.3. The number of ether oxygens (including phenoxy) is 3. The van der Waals surface area contributed by atoms with Crippen molar-refractivity contribution in [3.8, 4) is 0 Å². The molecule has 0 saturated heterocycles. The summed E-state index contributed by atoms with van der Waals surface area (Å²) in [5, 5.41) is 0. The maximum atomic E-state index is 11.1. The van der Waals surface area contributed by atoms with Crippen molar-refractivity contribution in [1.82, 2.24) is 0 Å². The number of esters is 2. The first kappa shape index (κ1) is 26.4. The number of Topliss-reactive ketones (excluding diaryl/α,β-unsaturated/α-hetero) is 1. The molecule has 0 N–H and O–H groups in total. The Bertz CT molecular complexity index is 526. The smallest absolute Gasteiger partial charge is 0.334 e. The van der Waals surface area contributed by atoms with Gasteiger partial charge in [0.25, 0.3) is 0 Å². The summed E-state index contributed by atoms with van der Waals surface area (Å²) in [6.07, 6.45) is 0.996. The lowest BCUT2D eigenvalue weighted by Gasteiger charge is -2.05. The molecule has 0 aromatic rings. The number of halogens is 2. The first-order valence-corrected chi connectivity index (χ1v) is 8.81. The molecule has 0 aliphatic heterocycles. The molecule has 0 rings (SSSR count). The van der Waals surface area contributed by atoms with E-state index >= 15 is 0 Å². The van der Waals surface area contributed by atoms with Crippen molar-refractivity contribution in [2.24, 2.45) is 0 Å². The van der Waals surface area contributed by atoms with Gasteiger partial charge in [0.15, 0.2) is 5.78 Å². The van der Waals surface area contributed by atoms with Gasteiger partial charge in [0, 0.05) is 0 Å². The van der Waals surface area contributed by atoms with Crippen LogP contribution < -0.4 is 0 Å². The van der Waals surface area contributed by atoms with Crippen LogP contribution in [-0.2, 0) is 28.6 Å². The highest BCUT2D eigenvalue weighted by molar-refractivity contribution is 6.28. The number of hydrogen-bond donors (Lipinski definition) is 0. The predicted molar refractivity (Wildman–Crippen MR) is 102 cm³/mol. The van der Waals surface area contributed by atoms with Crippen molar-refractivity contribution >= 4 is 40.9 Å². The Kier molecular flexibility index (Phi) is 16.9. The first-order chi connectivity index (χ1) is 12.2. The van der Waals surface area contributed by atoms with Gasteiger partial charge in [-0.2, -0.15) is 0 Å². The van der Waals surface area contributed by atoms with Crippen LogP contribution >= 0.6 is 23.2 Å². The van der Waals surface area contributed by atoms with Gasteiger partial charge >= 0.3 is 11.9 Å². The van der Waals surface area contributed by atoms with E-state index in [1.165, 1.54) is 6.08 Å². The molecular formula is C18H26Cl2O6. The fraction of sp³-hybridized carbons (Fsp3) is 0.500. The minimum atomic E-state index is -0.552. The van der Waals surface area contributed by atoms with E-state index in [1.54, 1.807) is 13.8 Å². The molecule has 0 aromatic carbocycles. The summed E-state index contributed by atoms with van der Waals surface area (Å²) in [4.78, 5) is 32.5. The lowest BCUT2D eigenvalue weighted by Crippen LogP contribution is -2.12. The molecule has 8 heteroatoms. The van der Waals surface area contributed by atoms with Gasteiger partial charge in [-0.1, -0.05) is 13.2 Å². The standard InChI is InChI=1S/C10H15ClO3.C8H11ClO3/c1-4-13-9(6-11)5-10(12)14-7-8(2)3;1-6(2)5-12-8(11)3-7(10)4-9/h5H,2,4,6-7H2,1,3H3;1,3-5H2,2H3/b9-5+;. The number of carbonyl (C=O) groups excluding carboxylic acids is 3. The summed E-state index contributed by atoms with van der Waals surface area (Å²) in [5.74, 6) is -0.914. The van der Waals surface area contributed by atoms with Gasteiger partial charge < -0.3 is 14.2 Å². The van der Waals surface area contributed by atoms with Crippen molar-refractivity contribution in [1.29, 1.82) is 0 Å². The summed E-state index contributed by atoms with van der Waals surface area (Å²) in [6, 6.07) is 0. The van der Waals surface area contributed by atoms with Crippen molar-refractivity contribution < 1.29 is 28.6 Å². The molecule has 6 nitrogen and oxygen atoms in total. The molecule has 0 fully saturated rings. The van der Waals surface area contributed by atoms with Crippen LogP contribution in [0.15, 0.2) is 36.1 Å². The zero-order valence-corrected chi connectivity index (χ0v) is 17.0. The average Bonchev–Trinajstić information content (AvgIpc) is 2.58. The largest absolute Gasteiger partial charge is 0.497 e. The highest BCUT2D eigenvalue weighted by atomic mass is 35.5. The minimum Gasteiger partial charge on any atom is -0.497 e. The summed E-state index contributed by atoms with van der Waals surface area (Å²) in [7, 11) is 0. The highest BCUT2D eigenvalue weighted by Crippen LogP contribution is 2.01. The zero-order chi connectivity index (χ0) is 20.5. The Labute approximate surface area is 164 Å². The SMILES string of the molecule is C=C(C)COC(=O)/C=C(\CCl)OCC.C=C(C)COC(=O)CC(=O)CCl. The van der Waals surface area contributed by atoms with Crippen LogP contribution in [-0.4, -0.2) is 49.3 Å². The normalized spacial score (nSPS) is 10.1. The molecule has 0 aliphatic carbocycles. The van der Waals surface area contributed by atoms with E-state index in [-0.39, 0.29) is 37.2 Å². The highest BCUT2D eigenvalue weighted by Gasteiger charge is 2.08. The van der Waals surface area contributed by atoms with E-state index in [2.05, 4.69) is 17.9 Å². The number of allylic oxidation sites excluding steroid dienone is 1. The van der Waals surface area contributed by atoms with Gasteiger partial charge in [-0.25, -0.2) is 4.79 Å². The van der Waals surface area contributed by atoms with Gasteiger partial charge in [-0.05, 0) is 31.9 Å². The van der Waals surface area contributed by atoms with Crippen LogP contribution in [0, 0.1) is 0 Å². The maximum Gasteiger partial charge on any atom is 0.334 e. The summed E-state index contributed by atoms with van der Waals surface area (Å²) in [6.45, 7) is 13.3. The summed E-state index contributed by atoms with van der Waals surface area (Å²) < 4.78 is 14.6. The fourth-order valence-electron chi connectivity index (χ4n) is 1.13. The molecule has 0 amide bonds. The van der Waals surface area contributed by atoms with Gasteiger partial charge in [-0.3, -0.25) is 9.59 Å². The van der Waals surface area contributed by atoms with E-state index in [4.69, 9.17) is 32.7 Å². The van der Waals surface area contributed by atoms with Gasteiger partial charge in [-0.15, -0.1) is 23.2 Å². The molecule has 0 unspecified atom stereocenters. The maximum absolute atomic E-state index is 11.1.